The molecule has 0 aliphatic rings. The first-order chi connectivity index (χ1) is 16.2. The Balaban J connectivity index is 1.71. The molecule has 0 fully saturated rings. The van der Waals surface area contributed by atoms with E-state index >= 15 is 0 Å². The first kappa shape index (κ1) is 21.7. The van der Waals surface area contributed by atoms with Gasteiger partial charge in [-0.3, -0.25) is 0 Å². The van der Waals surface area contributed by atoms with E-state index in [0.29, 0.717) is 34.2 Å². The van der Waals surface area contributed by atoms with Crippen molar-refractivity contribution in [2.24, 2.45) is 0 Å². The van der Waals surface area contributed by atoms with Gasteiger partial charge in [0, 0.05) is 22.2 Å². The summed E-state index contributed by atoms with van der Waals surface area (Å²) in [5.41, 5.74) is 3.20. The third-order valence-electron chi connectivity index (χ3n) is 5.64. The topological polar surface area (TPSA) is 88.9 Å². The number of ether oxygens (including phenoxy) is 1. The van der Waals surface area contributed by atoms with Gasteiger partial charge in [0.2, 0.25) is 0 Å². The summed E-state index contributed by atoms with van der Waals surface area (Å²) in [6.45, 7) is 5.40. The van der Waals surface area contributed by atoms with Crippen LogP contribution in [0.5, 0.6) is 5.75 Å². The van der Waals surface area contributed by atoms with E-state index < -0.39 is 11.7 Å². The molecule has 2 aromatic carbocycles. The van der Waals surface area contributed by atoms with Gasteiger partial charge in [0.15, 0.2) is 0 Å². The molecular formula is C24H20F3N5O2. The highest BCUT2D eigenvalue weighted by Crippen LogP contribution is 2.41. The van der Waals surface area contributed by atoms with Gasteiger partial charge in [0.1, 0.15) is 28.8 Å². The molecule has 0 spiro atoms. The second-order valence-corrected chi connectivity index (χ2v) is 7.97. The summed E-state index contributed by atoms with van der Waals surface area (Å²) >= 11 is 0. The van der Waals surface area contributed by atoms with Crippen LogP contribution in [-0.2, 0) is 6.18 Å². The number of hydrogen-bond donors (Lipinski definition) is 2. The Bertz CT molecular complexity index is 1530. The number of fused-ring (bicyclic) bond motifs is 3. The maximum absolute atomic E-state index is 13.2. The molecule has 3 heterocycles. The minimum Gasteiger partial charge on any atom is -0.496 e. The van der Waals surface area contributed by atoms with Gasteiger partial charge in [-0.2, -0.15) is 13.2 Å². The molecule has 0 unspecified atom stereocenters. The van der Waals surface area contributed by atoms with Crippen molar-refractivity contribution in [1.29, 1.82) is 0 Å². The van der Waals surface area contributed by atoms with E-state index in [1.54, 1.807) is 20.1 Å². The second-order valence-electron chi connectivity index (χ2n) is 7.97. The van der Waals surface area contributed by atoms with Crippen molar-refractivity contribution in [3.05, 3.63) is 59.2 Å². The zero-order valence-electron chi connectivity index (χ0n) is 18.8. The highest BCUT2D eigenvalue weighted by atomic mass is 19.4. The SMILES string of the molecule is COc1cc2c(cc1-c1c(C)noc1C)[nH]c1nc(C)nc(Nc3cccc(C(F)(F)F)c3)c12. The van der Waals surface area contributed by atoms with Crippen LogP contribution in [0.1, 0.15) is 22.8 Å². The predicted molar refractivity (Wildman–Crippen MR) is 122 cm³/mol. The Hall–Kier alpha value is -4.08. The maximum Gasteiger partial charge on any atom is 0.416 e. The van der Waals surface area contributed by atoms with E-state index in [1.807, 2.05) is 26.0 Å². The normalized spacial score (nSPS) is 12.0. The molecular weight excluding hydrogens is 447 g/mol. The molecule has 0 radical (unpaired) electrons. The fraction of sp³-hybridized carbons (Fsp3) is 0.208. The van der Waals surface area contributed by atoms with Crippen molar-refractivity contribution in [2.45, 2.75) is 26.9 Å². The Morgan fingerprint density at radius 2 is 1.85 bits per heavy atom. The van der Waals surface area contributed by atoms with Gasteiger partial charge in [-0.25, -0.2) is 9.97 Å². The Morgan fingerprint density at radius 3 is 2.53 bits per heavy atom. The number of anilines is 2. The highest BCUT2D eigenvalue weighted by molar-refractivity contribution is 6.13. The van der Waals surface area contributed by atoms with E-state index in [2.05, 4.69) is 25.4 Å². The smallest absolute Gasteiger partial charge is 0.416 e. The minimum atomic E-state index is -4.45. The molecule has 0 aliphatic carbocycles. The van der Waals surface area contributed by atoms with Gasteiger partial charge in [0.25, 0.3) is 0 Å². The quantitative estimate of drug-likeness (QED) is 0.315. The average Bonchev–Trinajstić information content (AvgIpc) is 3.30. The second kappa shape index (κ2) is 7.75. The van der Waals surface area contributed by atoms with Crippen LogP contribution in [-0.4, -0.2) is 27.2 Å². The van der Waals surface area contributed by atoms with Crippen LogP contribution >= 0.6 is 0 Å². The highest BCUT2D eigenvalue weighted by Gasteiger charge is 2.30. The fourth-order valence-corrected chi connectivity index (χ4v) is 4.17. The van der Waals surface area contributed by atoms with Crippen LogP contribution in [0, 0.1) is 20.8 Å². The van der Waals surface area contributed by atoms with Crippen LogP contribution in [0.2, 0.25) is 0 Å². The lowest BCUT2D eigenvalue weighted by atomic mass is 10.0. The number of alkyl halides is 3. The summed E-state index contributed by atoms with van der Waals surface area (Å²) in [6.07, 6.45) is -4.45. The number of nitrogens with zero attached hydrogens (tertiary/aromatic N) is 3. The van der Waals surface area contributed by atoms with E-state index in [9.17, 15) is 13.2 Å². The molecule has 0 saturated carbocycles. The van der Waals surface area contributed by atoms with Crippen molar-refractivity contribution in [1.82, 2.24) is 20.1 Å². The summed E-state index contributed by atoms with van der Waals surface area (Å²) in [7, 11) is 1.57. The first-order valence-electron chi connectivity index (χ1n) is 10.4. The molecule has 7 nitrogen and oxygen atoms in total. The molecule has 0 aliphatic heterocycles. The van der Waals surface area contributed by atoms with Gasteiger partial charge in [-0.15, -0.1) is 0 Å². The number of methoxy groups -OCH3 is 1. The molecule has 0 saturated heterocycles. The lowest BCUT2D eigenvalue weighted by molar-refractivity contribution is -0.137. The van der Waals surface area contributed by atoms with Gasteiger partial charge < -0.3 is 19.6 Å². The lowest BCUT2D eigenvalue weighted by Crippen LogP contribution is -2.05. The third-order valence-corrected chi connectivity index (χ3v) is 5.64. The molecule has 5 rings (SSSR count). The van der Waals surface area contributed by atoms with Crippen LogP contribution in [0.4, 0.5) is 24.7 Å². The van der Waals surface area contributed by atoms with Crippen molar-refractivity contribution in [2.75, 3.05) is 12.4 Å². The number of aromatic amines is 1. The van der Waals surface area contributed by atoms with Crippen LogP contribution in [0.25, 0.3) is 33.1 Å². The van der Waals surface area contributed by atoms with Crippen molar-refractivity contribution in [3.63, 3.8) is 0 Å². The summed E-state index contributed by atoms with van der Waals surface area (Å²) in [4.78, 5) is 12.3. The molecule has 174 valence electrons. The number of H-pyrrole nitrogens is 1. The number of aryl methyl sites for hydroxylation is 3. The van der Waals surface area contributed by atoms with Crippen molar-refractivity contribution >= 4 is 33.4 Å². The molecule has 3 aromatic heterocycles. The molecule has 34 heavy (non-hydrogen) atoms. The number of halogens is 3. The largest absolute Gasteiger partial charge is 0.496 e. The first-order valence-corrected chi connectivity index (χ1v) is 10.4. The third kappa shape index (κ3) is 3.60. The number of rotatable bonds is 4. The number of aromatic nitrogens is 4. The number of hydrogen-bond acceptors (Lipinski definition) is 6. The molecule has 5 aromatic rings. The Labute approximate surface area is 192 Å². The Morgan fingerprint density at radius 1 is 1.06 bits per heavy atom. The lowest BCUT2D eigenvalue weighted by Gasteiger charge is -2.12. The molecule has 2 N–H and O–H groups in total. The van der Waals surface area contributed by atoms with E-state index in [1.165, 1.54) is 6.07 Å². The van der Waals surface area contributed by atoms with Gasteiger partial charge in [-0.1, -0.05) is 11.2 Å². The molecule has 0 amide bonds. The Kier molecular flexibility index (Phi) is 4.96. The zero-order chi connectivity index (χ0) is 24.2. The summed E-state index contributed by atoms with van der Waals surface area (Å²) in [5, 5.41) is 8.48. The molecule has 10 heteroatoms. The summed E-state index contributed by atoms with van der Waals surface area (Å²) in [5.74, 6) is 2.11. The summed E-state index contributed by atoms with van der Waals surface area (Å²) < 4.78 is 50.6. The van der Waals surface area contributed by atoms with E-state index in [4.69, 9.17) is 9.26 Å². The van der Waals surface area contributed by atoms with E-state index in [0.717, 1.165) is 39.9 Å². The minimum absolute atomic E-state index is 0.267. The molecule has 0 atom stereocenters. The van der Waals surface area contributed by atoms with Gasteiger partial charge in [0.05, 0.1) is 29.3 Å². The number of benzene rings is 2. The standard InChI is InChI=1S/C24H20F3N5O2/c1-11-20(12(2)34-32-11)17-9-18-16(10-19(17)33-4)21-22(28-13(3)29-23(21)31-18)30-15-7-5-6-14(8-15)24(25,26)27/h5-10H,1-4H3,(H2,28,29,30,31). The monoisotopic (exact) mass is 467 g/mol. The average molecular weight is 467 g/mol. The van der Waals surface area contributed by atoms with E-state index in [-0.39, 0.29) is 5.69 Å². The maximum atomic E-state index is 13.2. The van der Waals surface area contributed by atoms with Crippen LogP contribution in [0.3, 0.4) is 0 Å². The van der Waals surface area contributed by atoms with Crippen LogP contribution < -0.4 is 10.1 Å². The fourth-order valence-electron chi connectivity index (χ4n) is 4.17. The summed E-state index contributed by atoms with van der Waals surface area (Å²) in [6, 6.07) is 8.76. The van der Waals surface area contributed by atoms with Crippen molar-refractivity contribution < 1.29 is 22.4 Å². The number of nitrogens with one attached hydrogen (secondary N) is 2. The predicted octanol–water partition coefficient (Wildman–Crippen LogP) is 6.46. The van der Waals surface area contributed by atoms with Gasteiger partial charge >= 0.3 is 6.18 Å². The molecule has 0 bridgehead atoms. The van der Waals surface area contributed by atoms with Crippen molar-refractivity contribution in [3.8, 4) is 16.9 Å². The zero-order valence-corrected chi connectivity index (χ0v) is 18.8. The van der Waals surface area contributed by atoms with Gasteiger partial charge in [-0.05, 0) is 51.1 Å². The van der Waals surface area contributed by atoms with Crippen LogP contribution in [0.15, 0.2) is 40.9 Å².